The Morgan fingerprint density at radius 2 is 1.88 bits per heavy atom. The number of hydrogen-bond donors (Lipinski definition) is 2. The van der Waals surface area contributed by atoms with Crippen LogP contribution in [-0.4, -0.2) is 31.4 Å². The molecule has 8 heteroatoms. The highest BCUT2D eigenvalue weighted by atomic mass is 127. The Morgan fingerprint density at radius 3 is 2.48 bits per heavy atom. The van der Waals surface area contributed by atoms with E-state index in [1.165, 1.54) is 13.2 Å². The van der Waals surface area contributed by atoms with E-state index in [9.17, 15) is 14.4 Å². The molecule has 2 aromatic rings. The second-order valence-corrected chi connectivity index (χ2v) is 5.86. The lowest BCUT2D eigenvalue weighted by molar-refractivity contribution is -0.139. The molecule has 0 aliphatic rings. The van der Waals surface area contributed by atoms with E-state index in [1.54, 1.807) is 42.5 Å². The molecule has 1 aromatic heterocycles. The van der Waals surface area contributed by atoms with E-state index in [0.29, 0.717) is 17.0 Å². The van der Waals surface area contributed by atoms with Crippen LogP contribution in [0.3, 0.4) is 0 Å². The number of esters is 1. The van der Waals surface area contributed by atoms with Gasteiger partial charge in [-0.3, -0.25) is 14.4 Å². The normalized spacial score (nSPS) is 10.5. The van der Waals surface area contributed by atoms with Gasteiger partial charge < -0.3 is 19.8 Å². The molecule has 130 valence electrons. The van der Waals surface area contributed by atoms with E-state index in [4.69, 9.17) is 4.42 Å². The zero-order valence-corrected chi connectivity index (χ0v) is 15.4. The molecule has 0 unspecified atom stereocenters. The average Bonchev–Trinajstić information content (AvgIpc) is 3.03. The zero-order chi connectivity index (χ0) is 18.2. The molecule has 0 aliphatic carbocycles. The van der Waals surface area contributed by atoms with Crippen molar-refractivity contribution in [1.29, 1.82) is 0 Å². The molecular weight excluding hydrogens is 439 g/mol. The van der Waals surface area contributed by atoms with Gasteiger partial charge >= 0.3 is 5.97 Å². The zero-order valence-electron chi connectivity index (χ0n) is 13.2. The van der Waals surface area contributed by atoms with Crippen LogP contribution in [0.2, 0.25) is 0 Å². The third-order valence-corrected chi connectivity index (χ3v) is 3.61. The van der Waals surface area contributed by atoms with E-state index in [-0.39, 0.29) is 12.5 Å². The number of furan rings is 1. The van der Waals surface area contributed by atoms with Crippen molar-refractivity contribution in [3.8, 4) is 0 Å². The van der Waals surface area contributed by atoms with Gasteiger partial charge in [0.25, 0.3) is 5.91 Å². The standard InChI is InChI=1S/C17H15IN2O5/c1-24-16(22)10-19-17(23)11-2-4-12(5-3-11)20-15(21)9-7-13-6-8-14(18)25-13/h2-9H,10H2,1H3,(H,19,23)(H,20,21)/b9-7+. The number of amides is 2. The van der Waals surface area contributed by atoms with Gasteiger partial charge in [-0.25, -0.2) is 0 Å². The van der Waals surface area contributed by atoms with Crippen molar-refractivity contribution in [2.45, 2.75) is 0 Å². The fourth-order valence-electron chi connectivity index (χ4n) is 1.79. The summed E-state index contributed by atoms with van der Waals surface area (Å²) in [4.78, 5) is 34.7. The number of rotatable bonds is 6. The van der Waals surface area contributed by atoms with Crippen LogP contribution >= 0.6 is 22.6 Å². The maximum atomic E-state index is 11.8. The summed E-state index contributed by atoms with van der Waals surface area (Å²) in [7, 11) is 1.24. The minimum absolute atomic E-state index is 0.204. The molecular formula is C17H15IN2O5. The molecule has 25 heavy (non-hydrogen) atoms. The summed E-state index contributed by atoms with van der Waals surface area (Å²) in [5.74, 6) is -0.683. The molecule has 0 atom stereocenters. The molecule has 0 bridgehead atoms. The Balaban J connectivity index is 1.89. The molecule has 0 radical (unpaired) electrons. The van der Waals surface area contributed by atoms with Crippen LogP contribution in [0.1, 0.15) is 16.1 Å². The van der Waals surface area contributed by atoms with Crippen molar-refractivity contribution in [3.05, 3.63) is 57.6 Å². The van der Waals surface area contributed by atoms with Crippen molar-refractivity contribution >= 4 is 52.1 Å². The van der Waals surface area contributed by atoms with Gasteiger partial charge in [-0.05, 0) is 65.1 Å². The van der Waals surface area contributed by atoms with E-state index in [2.05, 4.69) is 15.4 Å². The van der Waals surface area contributed by atoms with Crippen LogP contribution in [0.15, 0.2) is 46.9 Å². The van der Waals surface area contributed by atoms with Crippen LogP contribution in [-0.2, 0) is 14.3 Å². The Kier molecular flexibility index (Phi) is 6.75. The first kappa shape index (κ1) is 18.7. The first-order chi connectivity index (χ1) is 12.0. The summed E-state index contributed by atoms with van der Waals surface area (Å²) >= 11 is 2.04. The fraction of sp³-hybridized carbons (Fsp3) is 0.118. The smallest absolute Gasteiger partial charge is 0.325 e. The van der Waals surface area contributed by atoms with Gasteiger partial charge in [-0.2, -0.15) is 0 Å². The highest BCUT2D eigenvalue weighted by Gasteiger charge is 2.08. The second kappa shape index (κ2) is 9.02. The lowest BCUT2D eigenvalue weighted by Crippen LogP contribution is -2.30. The van der Waals surface area contributed by atoms with Gasteiger partial charge in [0.1, 0.15) is 12.3 Å². The van der Waals surface area contributed by atoms with Gasteiger partial charge in [-0.15, -0.1) is 0 Å². The minimum atomic E-state index is -0.532. The van der Waals surface area contributed by atoms with E-state index in [1.807, 2.05) is 22.6 Å². The highest BCUT2D eigenvalue weighted by Crippen LogP contribution is 2.12. The molecule has 0 fully saturated rings. The first-order valence-electron chi connectivity index (χ1n) is 7.17. The highest BCUT2D eigenvalue weighted by molar-refractivity contribution is 14.1. The van der Waals surface area contributed by atoms with E-state index < -0.39 is 11.9 Å². The maximum Gasteiger partial charge on any atom is 0.325 e. The first-order valence-corrected chi connectivity index (χ1v) is 8.25. The molecule has 2 amide bonds. The van der Waals surface area contributed by atoms with Crippen molar-refractivity contribution in [2.24, 2.45) is 0 Å². The fourth-order valence-corrected chi connectivity index (χ4v) is 2.23. The van der Waals surface area contributed by atoms with Gasteiger partial charge in [0.05, 0.1) is 7.11 Å². The number of methoxy groups -OCH3 is 1. The van der Waals surface area contributed by atoms with Gasteiger partial charge in [-0.1, -0.05) is 0 Å². The lowest BCUT2D eigenvalue weighted by Gasteiger charge is -2.06. The third-order valence-electron chi connectivity index (χ3n) is 3.03. The molecule has 1 heterocycles. The van der Waals surface area contributed by atoms with Crippen LogP contribution in [0.5, 0.6) is 0 Å². The van der Waals surface area contributed by atoms with Crippen molar-refractivity contribution in [2.75, 3.05) is 19.0 Å². The summed E-state index contributed by atoms with van der Waals surface area (Å²) in [6, 6.07) is 9.82. The molecule has 7 nitrogen and oxygen atoms in total. The Labute approximate surface area is 157 Å². The molecule has 1 aromatic carbocycles. The summed E-state index contributed by atoms with van der Waals surface area (Å²) in [5, 5.41) is 5.10. The van der Waals surface area contributed by atoms with E-state index in [0.717, 1.165) is 3.77 Å². The SMILES string of the molecule is COC(=O)CNC(=O)c1ccc(NC(=O)/C=C/c2ccc(I)o2)cc1. The number of anilines is 1. The number of benzene rings is 1. The van der Waals surface area contributed by atoms with Gasteiger partial charge in [0, 0.05) is 17.3 Å². The number of carbonyl (C=O) groups excluding carboxylic acids is 3. The van der Waals surface area contributed by atoms with Crippen molar-refractivity contribution in [1.82, 2.24) is 5.32 Å². The Bertz CT molecular complexity index is 796. The summed E-state index contributed by atoms with van der Waals surface area (Å²) in [5.41, 5.74) is 0.899. The molecule has 2 rings (SSSR count). The number of ether oxygens (including phenoxy) is 1. The Hall–Kier alpha value is -2.62. The maximum absolute atomic E-state index is 11.8. The predicted octanol–water partition coefficient (Wildman–Crippen LogP) is 2.44. The van der Waals surface area contributed by atoms with Crippen LogP contribution < -0.4 is 10.6 Å². The molecule has 0 saturated heterocycles. The van der Waals surface area contributed by atoms with Crippen LogP contribution in [0.25, 0.3) is 6.08 Å². The van der Waals surface area contributed by atoms with Gasteiger partial charge in [0.2, 0.25) is 5.91 Å². The molecule has 0 spiro atoms. The number of nitrogens with one attached hydrogen (secondary N) is 2. The van der Waals surface area contributed by atoms with Crippen LogP contribution in [0, 0.1) is 3.77 Å². The number of halogens is 1. The minimum Gasteiger partial charge on any atom is -0.468 e. The average molecular weight is 454 g/mol. The number of hydrogen-bond acceptors (Lipinski definition) is 5. The third kappa shape index (κ3) is 6.07. The van der Waals surface area contributed by atoms with Gasteiger partial charge in [0.15, 0.2) is 3.77 Å². The van der Waals surface area contributed by atoms with Crippen molar-refractivity contribution < 1.29 is 23.5 Å². The summed E-state index contributed by atoms with van der Waals surface area (Å²) in [6.07, 6.45) is 2.91. The number of carbonyl (C=O) groups is 3. The summed E-state index contributed by atoms with van der Waals surface area (Å²) in [6.45, 7) is -0.204. The molecule has 2 N–H and O–H groups in total. The van der Waals surface area contributed by atoms with Crippen molar-refractivity contribution in [3.63, 3.8) is 0 Å². The lowest BCUT2D eigenvalue weighted by atomic mass is 10.2. The molecule has 0 aliphatic heterocycles. The largest absolute Gasteiger partial charge is 0.468 e. The predicted molar refractivity (Wildman–Crippen MR) is 99.9 cm³/mol. The topological polar surface area (TPSA) is 97.6 Å². The Morgan fingerprint density at radius 1 is 1.16 bits per heavy atom. The van der Waals surface area contributed by atoms with E-state index >= 15 is 0 Å². The summed E-state index contributed by atoms with van der Waals surface area (Å²) < 4.78 is 10.5. The second-order valence-electron chi connectivity index (χ2n) is 4.80. The monoisotopic (exact) mass is 454 g/mol. The van der Waals surface area contributed by atoms with Crippen LogP contribution in [0.4, 0.5) is 5.69 Å². The quantitative estimate of drug-likeness (QED) is 0.397. The molecule has 0 saturated carbocycles.